The number of aryl methyl sites for hydroxylation is 1. The highest BCUT2D eigenvalue weighted by Crippen LogP contribution is 2.26. The number of allylic oxidation sites excluding steroid dienone is 1. The molecule has 6 nitrogen and oxygen atoms in total. The topological polar surface area (TPSA) is 91.9 Å². The van der Waals surface area contributed by atoms with Crippen molar-refractivity contribution < 1.29 is 13.2 Å². The van der Waals surface area contributed by atoms with E-state index in [-0.39, 0.29) is 10.5 Å². The lowest BCUT2D eigenvalue weighted by atomic mass is 9.98. The Balaban J connectivity index is 1.65. The number of H-pyrrole nitrogens is 1. The highest BCUT2D eigenvalue weighted by Gasteiger charge is 2.25. The molecule has 4 rings (SSSR count). The van der Waals surface area contributed by atoms with Gasteiger partial charge in [-0.15, -0.1) is 0 Å². The number of nitrogens with zero attached hydrogens (tertiary/aromatic N) is 1. The lowest BCUT2D eigenvalue weighted by Crippen LogP contribution is -2.32. The molecule has 0 bridgehead atoms. The molecule has 25 heavy (non-hydrogen) atoms. The van der Waals surface area contributed by atoms with Gasteiger partial charge in [0.1, 0.15) is 0 Å². The van der Waals surface area contributed by atoms with Gasteiger partial charge in [0, 0.05) is 5.39 Å². The second-order valence-corrected chi connectivity index (χ2v) is 7.62. The molecule has 0 spiro atoms. The average molecular weight is 353 g/mol. The first-order chi connectivity index (χ1) is 12.0. The van der Waals surface area contributed by atoms with Crippen molar-refractivity contribution in [2.45, 2.75) is 12.8 Å². The average Bonchev–Trinajstić information content (AvgIpc) is 3.09. The first kappa shape index (κ1) is 15.6. The quantitative estimate of drug-likeness (QED) is 0.757. The van der Waals surface area contributed by atoms with Crippen LogP contribution in [-0.2, 0) is 16.4 Å². The molecule has 0 saturated heterocycles. The van der Waals surface area contributed by atoms with E-state index in [1.54, 1.807) is 30.5 Å². The predicted octanol–water partition coefficient (Wildman–Crippen LogP) is 2.61. The summed E-state index contributed by atoms with van der Waals surface area (Å²) in [5.74, 6) is -0.672. The monoisotopic (exact) mass is 353 g/mol. The lowest BCUT2D eigenvalue weighted by molar-refractivity contribution is 0.0983. The van der Waals surface area contributed by atoms with Crippen LogP contribution in [0.5, 0.6) is 0 Å². The number of para-hydroxylation sites is 1. The third kappa shape index (κ3) is 2.83. The van der Waals surface area contributed by atoms with E-state index in [1.807, 2.05) is 24.3 Å². The van der Waals surface area contributed by atoms with Crippen LogP contribution in [0.15, 0.2) is 53.6 Å². The molecule has 1 aromatic heterocycles. The number of carbonyl (C=O) groups excluding carboxylic acids is 1. The smallest absolute Gasteiger partial charge is 0.267 e. The number of fused-ring (bicyclic) bond motifs is 2. The van der Waals surface area contributed by atoms with Gasteiger partial charge in [-0.1, -0.05) is 36.4 Å². The number of carbonyl (C=O) groups is 1. The van der Waals surface area contributed by atoms with E-state index in [0.717, 1.165) is 16.5 Å². The highest BCUT2D eigenvalue weighted by molar-refractivity contribution is 7.94. The zero-order chi connectivity index (χ0) is 17.4. The van der Waals surface area contributed by atoms with Gasteiger partial charge in [0.2, 0.25) is 0 Å². The van der Waals surface area contributed by atoms with Crippen LogP contribution in [0.1, 0.15) is 27.9 Å². The van der Waals surface area contributed by atoms with Crippen molar-refractivity contribution in [2.75, 3.05) is 0 Å². The molecule has 0 unspecified atom stereocenters. The van der Waals surface area contributed by atoms with E-state index in [2.05, 4.69) is 14.9 Å². The van der Waals surface area contributed by atoms with E-state index in [9.17, 15) is 13.2 Å². The molecule has 3 aromatic rings. The summed E-state index contributed by atoms with van der Waals surface area (Å²) in [7, 11) is -3.90. The van der Waals surface area contributed by atoms with Crippen LogP contribution in [0.25, 0.3) is 17.0 Å². The van der Waals surface area contributed by atoms with Gasteiger partial charge in [0.25, 0.3) is 15.9 Å². The van der Waals surface area contributed by atoms with Gasteiger partial charge in [-0.25, -0.2) is 13.1 Å². The van der Waals surface area contributed by atoms with Crippen LogP contribution < -0.4 is 4.72 Å². The largest absolute Gasteiger partial charge is 0.277 e. The molecule has 1 amide bonds. The number of benzene rings is 2. The molecular weight excluding hydrogens is 338 g/mol. The van der Waals surface area contributed by atoms with Crippen molar-refractivity contribution in [2.24, 2.45) is 0 Å². The molecule has 0 saturated carbocycles. The number of aromatic nitrogens is 2. The first-order valence-electron chi connectivity index (χ1n) is 7.82. The van der Waals surface area contributed by atoms with E-state index in [1.165, 1.54) is 0 Å². The SMILES string of the molecule is O=C(NS(=O)(=O)C1=Cc2ccccc2CC1)c1cccc2cn[nH]c12. The third-order valence-corrected chi connectivity index (χ3v) is 5.77. The Hall–Kier alpha value is -2.93. The highest BCUT2D eigenvalue weighted by atomic mass is 32.2. The summed E-state index contributed by atoms with van der Waals surface area (Å²) >= 11 is 0. The maximum atomic E-state index is 12.6. The molecule has 126 valence electrons. The van der Waals surface area contributed by atoms with Gasteiger partial charge in [0.15, 0.2) is 0 Å². The van der Waals surface area contributed by atoms with Crippen LogP contribution >= 0.6 is 0 Å². The maximum Gasteiger partial charge on any atom is 0.267 e. The number of hydrogen-bond donors (Lipinski definition) is 2. The number of aromatic amines is 1. The Bertz CT molecular complexity index is 1110. The van der Waals surface area contributed by atoms with Crippen molar-refractivity contribution in [3.05, 3.63) is 70.3 Å². The van der Waals surface area contributed by atoms with Crippen molar-refractivity contribution in [3.63, 3.8) is 0 Å². The minimum atomic E-state index is -3.90. The Morgan fingerprint density at radius 2 is 1.92 bits per heavy atom. The van der Waals surface area contributed by atoms with Crippen molar-refractivity contribution in [1.82, 2.24) is 14.9 Å². The summed E-state index contributed by atoms with van der Waals surface area (Å²) in [4.78, 5) is 12.7. The van der Waals surface area contributed by atoms with Crippen LogP contribution in [-0.4, -0.2) is 24.5 Å². The van der Waals surface area contributed by atoms with Crippen molar-refractivity contribution in [1.29, 1.82) is 0 Å². The van der Waals surface area contributed by atoms with Gasteiger partial charge in [0.05, 0.1) is 22.2 Å². The summed E-state index contributed by atoms with van der Waals surface area (Å²) in [6.45, 7) is 0. The van der Waals surface area contributed by atoms with Crippen LogP contribution in [0.2, 0.25) is 0 Å². The standard InChI is InChI=1S/C18H15N3O3S/c22-18(16-7-3-6-14-11-19-20-17(14)16)21-25(23,24)15-9-8-12-4-1-2-5-13(12)10-15/h1-7,10-11H,8-9H2,(H,19,20)(H,21,22). The number of amides is 1. The summed E-state index contributed by atoms with van der Waals surface area (Å²) in [5.41, 5.74) is 2.74. The Morgan fingerprint density at radius 1 is 1.08 bits per heavy atom. The van der Waals surface area contributed by atoms with Gasteiger partial charge < -0.3 is 0 Å². The van der Waals surface area contributed by atoms with Gasteiger partial charge in [-0.3, -0.25) is 9.89 Å². The summed E-state index contributed by atoms with van der Waals surface area (Å²) in [6.07, 6.45) is 4.22. The molecule has 1 aliphatic carbocycles. The Morgan fingerprint density at radius 3 is 2.80 bits per heavy atom. The van der Waals surface area contributed by atoms with E-state index >= 15 is 0 Å². The van der Waals surface area contributed by atoms with E-state index in [4.69, 9.17) is 0 Å². The van der Waals surface area contributed by atoms with Gasteiger partial charge in [-0.2, -0.15) is 5.10 Å². The van der Waals surface area contributed by atoms with Gasteiger partial charge >= 0.3 is 0 Å². The fourth-order valence-corrected chi connectivity index (χ4v) is 4.16. The minimum absolute atomic E-state index is 0.219. The molecular formula is C18H15N3O3S. The van der Waals surface area contributed by atoms with Crippen LogP contribution in [0, 0.1) is 0 Å². The molecule has 0 radical (unpaired) electrons. The molecule has 2 aromatic carbocycles. The Labute approximate surface area is 144 Å². The summed E-state index contributed by atoms with van der Waals surface area (Å²) < 4.78 is 27.4. The van der Waals surface area contributed by atoms with E-state index < -0.39 is 15.9 Å². The second-order valence-electron chi connectivity index (χ2n) is 5.88. The second kappa shape index (κ2) is 5.86. The number of rotatable bonds is 3. The maximum absolute atomic E-state index is 12.6. The zero-order valence-electron chi connectivity index (χ0n) is 13.2. The van der Waals surface area contributed by atoms with Crippen LogP contribution in [0.3, 0.4) is 0 Å². The first-order valence-corrected chi connectivity index (χ1v) is 9.31. The summed E-state index contributed by atoms with van der Waals surface area (Å²) in [6, 6.07) is 12.7. The fraction of sp³-hybridized carbons (Fsp3) is 0.111. The Kier molecular flexibility index (Phi) is 3.65. The number of hydrogen-bond acceptors (Lipinski definition) is 4. The lowest BCUT2D eigenvalue weighted by Gasteiger charge is -2.17. The summed E-state index contributed by atoms with van der Waals surface area (Å²) in [5, 5.41) is 7.36. The van der Waals surface area contributed by atoms with Crippen LogP contribution in [0.4, 0.5) is 0 Å². The van der Waals surface area contributed by atoms with Gasteiger partial charge in [-0.05, 0) is 36.1 Å². The van der Waals surface area contributed by atoms with Crippen molar-refractivity contribution in [3.8, 4) is 0 Å². The zero-order valence-corrected chi connectivity index (χ0v) is 14.0. The minimum Gasteiger partial charge on any atom is -0.277 e. The number of sulfonamides is 1. The number of nitrogens with one attached hydrogen (secondary N) is 2. The molecule has 1 aliphatic rings. The fourth-order valence-electron chi connectivity index (χ4n) is 3.02. The van der Waals surface area contributed by atoms with E-state index in [0.29, 0.717) is 18.4 Å². The normalized spacial score (nSPS) is 14.0. The molecule has 0 fully saturated rings. The molecule has 0 aliphatic heterocycles. The molecule has 7 heteroatoms. The third-order valence-electron chi connectivity index (χ3n) is 4.31. The molecule has 2 N–H and O–H groups in total. The van der Waals surface area contributed by atoms with Crippen molar-refractivity contribution >= 4 is 32.9 Å². The molecule has 1 heterocycles. The predicted molar refractivity (Wildman–Crippen MR) is 95.2 cm³/mol. The molecule has 0 atom stereocenters.